The van der Waals surface area contributed by atoms with Gasteiger partial charge in [-0.3, -0.25) is 0 Å². The lowest BCUT2D eigenvalue weighted by atomic mass is 9.44. The van der Waals surface area contributed by atoms with E-state index in [9.17, 15) is 9.90 Å². The summed E-state index contributed by atoms with van der Waals surface area (Å²) in [5.41, 5.74) is 0.786. The highest BCUT2D eigenvalue weighted by Crippen LogP contribution is 2.67. The highest BCUT2D eigenvalue weighted by molar-refractivity contribution is 8.11. The van der Waals surface area contributed by atoms with Gasteiger partial charge in [-0.05, 0) is 98.8 Å². The number of carbonyl (C=O) groups is 1. The molecule has 0 bridgehead atoms. The molecule has 0 saturated heterocycles. The second-order valence-corrected chi connectivity index (χ2v) is 12.0. The van der Waals surface area contributed by atoms with E-state index in [0.29, 0.717) is 34.5 Å². The number of aliphatic hydroxyl groups excluding tert-OH is 1. The molecule has 8 unspecified atom stereocenters. The predicted octanol–water partition coefficient (Wildman–Crippen LogP) is 5.65. The van der Waals surface area contributed by atoms with Crippen molar-refractivity contribution >= 4 is 17.2 Å². The molecule has 4 aliphatic rings. The molecule has 4 saturated carbocycles. The summed E-state index contributed by atoms with van der Waals surface area (Å²) in [6, 6.07) is 0. The molecule has 0 aliphatic heterocycles. The molecule has 2 N–H and O–H groups in total. The van der Waals surface area contributed by atoms with Crippen molar-refractivity contribution in [2.45, 2.75) is 84.2 Å². The molecule has 0 radical (unpaired) electrons. The van der Waals surface area contributed by atoms with Gasteiger partial charge in [0.15, 0.2) is 0 Å². The molecule has 0 aromatic carbocycles. The number of hydrogen-bond donors (Lipinski definition) is 2. The molecule has 4 fully saturated rings. The maximum absolute atomic E-state index is 11.2. The average Bonchev–Trinajstić information content (AvgIpc) is 2.96. The maximum Gasteiger partial charge on any atom is 0.380 e. The standard InChI is InChI=1S/C23H39NO3S/c1-22-11-5-4-6-16(22)14-19(25)20-17-8-7-15(10-13-24(3)28-21(26)27)23(17,2)12-9-18(20)22/h15-20,25H,4-14H2,1-3H3,(H,26,27). The zero-order chi connectivity index (χ0) is 20.1. The first-order valence-electron chi connectivity index (χ1n) is 11.6. The Morgan fingerprint density at radius 1 is 1.07 bits per heavy atom. The second-order valence-electron chi connectivity index (χ2n) is 10.9. The maximum atomic E-state index is 11.2. The summed E-state index contributed by atoms with van der Waals surface area (Å²) in [6.45, 7) is 5.89. The van der Waals surface area contributed by atoms with Crippen molar-refractivity contribution in [3.05, 3.63) is 0 Å². The van der Waals surface area contributed by atoms with Gasteiger partial charge < -0.3 is 10.2 Å². The molecular formula is C23H39NO3S. The van der Waals surface area contributed by atoms with E-state index >= 15 is 0 Å². The first-order valence-corrected chi connectivity index (χ1v) is 12.3. The lowest BCUT2D eigenvalue weighted by Crippen LogP contribution is -2.57. The largest absolute Gasteiger partial charge is 0.472 e. The average molecular weight is 410 g/mol. The van der Waals surface area contributed by atoms with Crippen molar-refractivity contribution in [3.63, 3.8) is 0 Å². The van der Waals surface area contributed by atoms with Gasteiger partial charge in [0.05, 0.1) is 6.10 Å². The number of rotatable bonds is 4. The van der Waals surface area contributed by atoms with Crippen LogP contribution in [0.15, 0.2) is 0 Å². The van der Waals surface area contributed by atoms with E-state index in [-0.39, 0.29) is 6.10 Å². The fraction of sp³-hybridized carbons (Fsp3) is 0.957. The van der Waals surface area contributed by atoms with Gasteiger partial charge >= 0.3 is 5.30 Å². The number of nitrogens with zero attached hydrogens (tertiary/aromatic N) is 1. The Bertz CT molecular complexity index is 600. The number of carboxylic acid groups (broad SMARTS) is 1. The van der Waals surface area contributed by atoms with Crippen LogP contribution in [0.1, 0.15) is 78.1 Å². The van der Waals surface area contributed by atoms with Gasteiger partial charge in [0.1, 0.15) is 0 Å². The van der Waals surface area contributed by atoms with Crippen LogP contribution in [0.4, 0.5) is 4.79 Å². The normalized spacial score (nSPS) is 48.0. The van der Waals surface area contributed by atoms with Crippen LogP contribution in [0.25, 0.3) is 0 Å². The molecular weight excluding hydrogens is 370 g/mol. The van der Waals surface area contributed by atoms with E-state index < -0.39 is 5.30 Å². The van der Waals surface area contributed by atoms with Crippen molar-refractivity contribution in [2.24, 2.45) is 40.4 Å². The summed E-state index contributed by atoms with van der Waals surface area (Å²) in [4.78, 5) is 10.9. The molecule has 4 aliphatic carbocycles. The summed E-state index contributed by atoms with van der Waals surface area (Å²) in [6.07, 6.45) is 12.6. The van der Waals surface area contributed by atoms with E-state index in [0.717, 1.165) is 37.3 Å². The van der Waals surface area contributed by atoms with E-state index in [1.165, 1.54) is 51.4 Å². The first-order chi connectivity index (χ1) is 13.3. The molecule has 0 amide bonds. The van der Waals surface area contributed by atoms with Gasteiger partial charge in [-0.1, -0.05) is 26.7 Å². The molecule has 5 heteroatoms. The van der Waals surface area contributed by atoms with Crippen molar-refractivity contribution in [2.75, 3.05) is 13.6 Å². The van der Waals surface area contributed by atoms with Gasteiger partial charge in [0.2, 0.25) is 0 Å². The van der Waals surface area contributed by atoms with Gasteiger partial charge in [-0.2, -0.15) is 0 Å². The predicted molar refractivity (Wildman–Crippen MR) is 114 cm³/mol. The molecule has 0 aromatic rings. The van der Waals surface area contributed by atoms with Crippen LogP contribution in [-0.4, -0.2) is 39.5 Å². The first kappa shape index (κ1) is 21.0. The van der Waals surface area contributed by atoms with E-state index in [1.807, 2.05) is 11.4 Å². The van der Waals surface area contributed by atoms with Crippen LogP contribution in [0.5, 0.6) is 0 Å². The molecule has 28 heavy (non-hydrogen) atoms. The summed E-state index contributed by atoms with van der Waals surface area (Å²) in [5, 5.41) is 19.4. The Hall–Kier alpha value is -0.260. The van der Waals surface area contributed by atoms with Crippen LogP contribution < -0.4 is 0 Å². The Labute approximate surface area is 175 Å². The fourth-order valence-electron chi connectivity index (χ4n) is 8.35. The lowest BCUT2D eigenvalue weighted by molar-refractivity contribution is -0.162. The molecule has 4 nitrogen and oxygen atoms in total. The highest BCUT2D eigenvalue weighted by atomic mass is 32.2. The molecule has 4 rings (SSSR count). The minimum Gasteiger partial charge on any atom is -0.472 e. The smallest absolute Gasteiger partial charge is 0.380 e. The molecule has 0 heterocycles. The third-order valence-electron chi connectivity index (χ3n) is 9.82. The van der Waals surface area contributed by atoms with Crippen LogP contribution in [0.3, 0.4) is 0 Å². The number of aliphatic hydroxyl groups is 1. The molecule has 160 valence electrons. The number of hydrogen-bond acceptors (Lipinski definition) is 4. The van der Waals surface area contributed by atoms with Crippen molar-refractivity contribution in [1.29, 1.82) is 0 Å². The lowest BCUT2D eigenvalue weighted by Gasteiger charge is -2.62. The van der Waals surface area contributed by atoms with Gasteiger partial charge in [0.25, 0.3) is 0 Å². The summed E-state index contributed by atoms with van der Waals surface area (Å²) in [7, 11) is 1.89. The van der Waals surface area contributed by atoms with E-state index in [2.05, 4.69) is 13.8 Å². The number of fused-ring (bicyclic) bond motifs is 5. The second kappa shape index (κ2) is 7.77. The van der Waals surface area contributed by atoms with Crippen LogP contribution >= 0.6 is 11.9 Å². The van der Waals surface area contributed by atoms with E-state index in [1.54, 1.807) is 0 Å². The van der Waals surface area contributed by atoms with Crippen LogP contribution in [0, 0.1) is 40.4 Å². The molecule has 0 spiro atoms. The zero-order valence-electron chi connectivity index (χ0n) is 17.9. The molecule has 8 atom stereocenters. The minimum atomic E-state index is -0.820. The Morgan fingerprint density at radius 2 is 1.82 bits per heavy atom. The fourth-order valence-corrected chi connectivity index (χ4v) is 8.82. The zero-order valence-corrected chi connectivity index (χ0v) is 18.7. The highest BCUT2D eigenvalue weighted by Gasteiger charge is 2.61. The monoisotopic (exact) mass is 409 g/mol. The van der Waals surface area contributed by atoms with Gasteiger partial charge in [-0.25, -0.2) is 9.10 Å². The summed E-state index contributed by atoms with van der Waals surface area (Å²) >= 11 is 0.906. The van der Waals surface area contributed by atoms with Gasteiger partial charge in [0, 0.05) is 18.5 Å². The third-order valence-corrected chi connectivity index (χ3v) is 10.5. The van der Waals surface area contributed by atoms with E-state index in [4.69, 9.17) is 5.11 Å². The van der Waals surface area contributed by atoms with Crippen molar-refractivity contribution < 1.29 is 15.0 Å². The Balaban J connectivity index is 1.48. The van der Waals surface area contributed by atoms with Crippen molar-refractivity contribution in [1.82, 2.24) is 4.31 Å². The third kappa shape index (κ3) is 3.43. The SMILES string of the molecule is CN(CCC1CCC2C3C(O)CC4CCCCC4(C)C3CCC12C)SC(=O)O. The van der Waals surface area contributed by atoms with Gasteiger partial charge in [-0.15, -0.1) is 0 Å². The summed E-state index contributed by atoms with van der Waals surface area (Å²) < 4.78 is 1.87. The molecule has 0 aromatic heterocycles. The Kier molecular flexibility index (Phi) is 5.83. The quantitative estimate of drug-likeness (QED) is 0.587. The van der Waals surface area contributed by atoms with Crippen LogP contribution in [0.2, 0.25) is 0 Å². The van der Waals surface area contributed by atoms with Crippen LogP contribution in [-0.2, 0) is 0 Å². The summed E-state index contributed by atoms with van der Waals surface area (Å²) in [5.74, 6) is 3.27. The minimum absolute atomic E-state index is 0.102. The van der Waals surface area contributed by atoms with Crippen molar-refractivity contribution in [3.8, 4) is 0 Å². The topological polar surface area (TPSA) is 60.8 Å². The Morgan fingerprint density at radius 3 is 2.57 bits per heavy atom.